The topological polar surface area (TPSA) is 61.2 Å². The van der Waals surface area contributed by atoms with Crippen LogP contribution in [0.4, 0.5) is 0 Å². The summed E-state index contributed by atoms with van der Waals surface area (Å²) in [5, 5.41) is 0. The van der Waals surface area contributed by atoms with Crippen LogP contribution in [0, 0.1) is 0 Å². The van der Waals surface area contributed by atoms with Crippen molar-refractivity contribution in [1.82, 2.24) is 9.55 Å². The highest BCUT2D eigenvalue weighted by Crippen LogP contribution is 2.19. The van der Waals surface area contributed by atoms with E-state index in [0.717, 1.165) is 30.7 Å². The maximum atomic E-state index is 11.7. The third-order valence-corrected chi connectivity index (χ3v) is 3.10. The van der Waals surface area contributed by atoms with Crippen LogP contribution in [0.3, 0.4) is 0 Å². The van der Waals surface area contributed by atoms with Crippen molar-refractivity contribution in [3.05, 3.63) is 17.7 Å². The van der Waals surface area contributed by atoms with Gasteiger partial charge >= 0.3 is 5.97 Å². The summed E-state index contributed by atoms with van der Waals surface area (Å²) in [6, 6.07) is 0. The molecule has 0 fully saturated rings. The molecule has 0 aliphatic heterocycles. The SMILES string of the molecule is CCOC(=O)CC(=O)Cn1cnc2c1CCCC2. The first-order valence-corrected chi connectivity index (χ1v) is 6.41. The smallest absolute Gasteiger partial charge is 0.313 e. The Morgan fingerprint density at radius 3 is 2.94 bits per heavy atom. The van der Waals surface area contributed by atoms with Gasteiger partial charge in [0, 0.05) is 5.69 Å². The van der Waals surface area contributed by atoms with E-state index >= 15 is 0 Å². The molecule has 0 aromatic carbocycles. The molecule has 0 saturated heterocycles. The first kappa shape index (κ1) is 12.8. The molecule has 0 atom stereocenters. The Morgan fingerprint density at radius 1 is 1.39 bits per heavy atom. The summed E-state index contributed by atoms with van der Waals surface area (Å²) in [4.78, 5) is 27.3. The molecule has 0 bridgehead atoms. The predicted molar refractivity (Wildman–Crippen MR) is 65.1 cm³/mol. The predicted octanol–water partition coefficient (Wildman–Crippen LogP) is 1.28. The lowest BCUT2D eigenvalue weighted by Crippen LogP contribution is -2.18. The summed E-state index contributed by atoms with van der Waals surface area (Å²) < 4.78 is 6.63. The summed E-state index contributed by atoms with van der Waals surface area (Å²) in [5.41, 5.74) is 2.25. The molecule has 18 heavy (non-hydrogen) atoms. The Hall–Kier alpha value is -1.65. The van der Waals surface area contributed by atoms with Crippen molar-refractivity contribution >= 4 is 11.8 Å². The Balaban J connectivity index is 1.95. The Morgan fingerprint density at radius 2 is 2.17 bits per heavy atom. The molecular formula is C13H18N2O3. The second kappa shape index (κ2) is 5.80. The van der Waals surface area contributed by atoms with Gasteiger partial charge in [-0.05, 0) is 32.6 Å². The van der Waals surface area contributed by atoms with E-state index in [9.17, 15) is 9.59 Å². The third-order valence-electron chi connectivity index (χ3n) is 3.10. The zero-order chi connectivity index (χ0) is 13.0. The van der Waals surface area contributed by atoms with E-state index in [1.165, 1.54) is 6.42 Å². The van der Waals surface area contributed by atoms with Crippen molar-refractivity contribution < 1.29 is 14.3 Å². The third kappa shape index (κ3) is 2.97. The number of nitrogens with zero attached hydrogens (tertiary/aromatic N) is 2. The van der Waals surface area contributed by atoms with E-state index in [0.29, 0.717) is 6.61 Å². The van der Waals surface area contributed by atoms with Crippen LogP contribution in [-0.4, -0.2) is 27.9 Å². The van der Waals surface area contributed by atoms with Gasteiger partial charge in [-0.25, -0.2) is 4.98 Å². The van der Waals surface area contributed by atoms with E-state index < -0.39 is 5.97 Å². The number of hydrogen-bond acceptors (Lipinski definition) is 4. The number of hydrogen-bond donors (Lipinski definition) is 0. The summed E-state index contributed by atoms with van der Waals surface area (Å²) in [6.45, 7) is 2.27. The largest absolute Gasteiger partial charge is 0.466 e. The number of ketones is 1. The fourth-order valence-electron chi connectivity index (χ4n) is 2.29. The lowest BCUT2D eigenvalue weighted by atomic mass is 10.0. The number of carbonyl (C=O) groups excluding carboxylic acids is 2. The van der Waals surface area contributed by atoms with Crippen LogP contribution in [0.2, 0.25) is 0 Å². The summed E-state index contributed by atoms with van der Waals surface area (Å²) in [6.07, 6.45) is 5.84. The number of fused-ring (bicyclic) bond motifs is 1. The average Bonchev–Trinajstić information content (AvgIpc) is 2.73. The monoisotopic (exact) mass is 250 g/mol. The summed E-state index contributed by atoms with van der Waals surface area (Å²) in [5.74, 6) is -0.573. The van der Waals surface area contributed by atoms with Crippen LogP contribution in [0.25, 0.3) is 0 Å². The maximum absolute atomic E-state index is 11.7. The molecule has 2 rings (SSSR count). The van der Waals surface area contributed by atoms with E-state index in [2.05, 4.69) is 4.98 Å². The highest BCUT2D eigenvalue weighted by Gasteiger charge is 2.17. The minimum atomic E-state index is -0.448. The normalized spacial score (nSPS) is 14.1. The fourth-order valence-corrected chi connectivity index (χ4v) is 2.29. The molecule has 1 aliphatic carbocycles. The number of carbonyl (C=O) groups is 2. The molecule has 1 aliphatic rings. The molecule has 0 radical (unpaired) electrons. The Labute approximate surface area is 106 Å². The first-order chi connectivity index (χ1) is 8.70. The summed E-state index contributed by atoms with van der Waals surface area (Å²) in [7, 11) is 0. The molecule has 5 heteroatoms. The Bertz CT molecular complexity index is 451. The molecule has 1 aromatic heterocycles. The van der Waals surface area contributed by atoms with Crippen LogP contribution >= 0.6 is 0 Å². The number of rotatable bonds is 5. The van der Waals surface area contributed by atoms with Gasteiger partial charge in [-0.15, -0.1) is 0 Å². The zero-order valence-corrected chi connectivity index (χ0v) is 10.6. The molecule has 0 N–H and O–H groups in total. The quantitative estimate of drug-likeness (QED) is 0.583. The van der Waals surface area contributed by atoms with Crippen LogP contribution in [0.5, 0.6) is 0 Å². The van der Waals surface area contributed by atoms with E-state index in [4.69, 9.17) is 4.74 Å². The van der Waals surface area contributed by atoms with Crippen molar-refractivity contribution in [2.45, 2.75) is 45.6 Å². The minimum absolute atomic E-state index is 0.126. The van der Waals surface area contributed by atoms with E-state index in [1.807, 2.05) is 4.57 Å². The van der Waals surface area contributed by atoms with Gasteiger partial charge in [0.2, 0.25) is 0 Å². The highest BCUT2D eigenvalue weighted by molar-refractivity contribution is 5.95. The van der Waals surface area contributed by atoms with Crippen LogP contribution in [-0.2, 0) is 33.7 Å². The van der Waals surface area contributed by atoms with Gasteiger partial charge in [0.1, 0.15) is 6.42 Å². The number of ether oxygens (including phenoxy) is 1. The van der Waals surface area contributed by atoms with Gasteiger partial charge in [-0.3, -0.25) is 9.59 Å². The Kier molecular flexibility index (Phi) is 4.12. The molecular weight excluding hydrogens is 232 g/mol. The molecule has 0 unspecified atom stereocenters. The maximum Gasteiger partial charge on any atom is 0.313 e. The van der Waals surface area contributed by atoms with Gasteiger partial charge in [-0.2, -0.15) is 0 Å². The van der Waals surface area contributed by atoms with Crippen molar-refractivity contribution in [2.24, 2.45) is 0 Å². The van der Waals surface area contributed by atoms with Crippen molar-refractivity contribution in [3.8, 4) is 0 Å². The lowest BCUT2D eigenvalue weighted by molar-refractivity contribution is -0.145. The highest BCUT2D eigenvalue weighted by atomic mass is 16.5. The average molecular weight is 250 g/mol. The van der Waals surface area contributed by atoms with Gasteiger partial charge in [0.05, 0.1) is 25.2 Å². The standard InChI is InChI=1S/C13H18N2O3/c1-2-18-13(17)7-10(16)8-15-9-14-11-5-3-4-6-12(11)15/h9H,2-8H2,1H3. The first-order valence-electron chi connectivity index (χ1n) is 6.41. The summed E-state index contributed by atoms with van der Waals surface area (Å²) >= 11 is 0. The molecule has 0 saturated carbocycles. The zero-order valence-electron chi connectivity index (χ0n) is 10.6. The van der Waals surface area contributed by atoms with Crippen molar-refractivity contribution in [2.75, 3.05) is 6.61 Å². The van der Waals surface area contributed by atoms with Gasteiger partial charge in [0.25, 0.3) is 0 Å². The molecule has 5 nitrogen and oxygen atoms in total. The van der Waals surface area contributed by atoms with E-state index in [1.54, 1.807) is 13.3 Å². The van der Waals surface area contributed by atoms with Crippen molar-refractivity contribution in [1.29, 1.82) is 0 Å². The van der Waals surface area contributed by atoms with E-state index in [-0.39, 0.29) is 18.7 Å². The van der Waals surface area contributed by atoms with Gasteiger partial charge < -0.3 is 9.30 Å². The second-order valence-corrected chi connectivity index (χ2v) is 4.49. The number of aromatic nitrogens is 2. The van der Waals surface area contributed by atoms with Gasteiger partial charge in [-0.1, -0.05) is 0 Å². The minimum Gasteiger partial charge on any atom is -0.466 e. The number of Topliss-reactive ketones (excluding diaryl/α,β-unsaturated/α-hetero) is 1. The number of esters is 1. The molecule has 0 spiro atoms. The van der Waals surface area contributed by atoms with Crippen LogP contribution in [0.15, 0.2) is 6.33 Å². The van der Waals surface area contributed by atoms with Gasteiger partial charge in [0.15, 0.2) is 5.78 Å². The number of aryl methyl sites for hydroxylation is 1. The fraction of sp³-hybridized carbons (Fsp3) is 0.615. The van der Waals surface area contributed by atoms with Crippen LogP contribution in [0.1, 0.15) is 37.6 Å². The molecule has 1 heterocycles. The van der Waals surface area contributed by atoms with Crippen molar-refractivity contribution in [3.63, 3.8) is 0 Å². The molecule has 0 amide bonds. The molecule has 98 valence electrons. The second-order valence-electron chi connectivity index (χ2n) is 4.49. The lowest BCUT2D eigenvalue weighted by Gasteiger charge is -2.13. The van der Waals surface area contributed by atoms with Crippen LogP contribution < -0.4 is 0 Å². The number of imidazole rings is 1. The molecule has 1 aromatic rings.